The summed E-state index contributed by atoms with van der Waals surface area (Å²) in [4.78, 5) is 10.6. The Balaban J connectivity index is 1.19. The van der Waals surface area contributed by atoms with Gasteiger partial charge in [-0.15, -0.1) is 0 Å². The fraction of sp³-hybridized carbons (Fsp3) is 0. The molecule has 4 heterocycles. The van der Waals surface area contributed by atoms with Gasteiger partial charge in [-0.3, -0.25) is 4.57 Å². The Hall–Kier alpha value is -7.04. The van der Waals surface area contributed by atoms with Gasteiger partial charge in [0.05, 0.1) is 33.1 Å². The van der Waals surface area contributed by atoms with Crippen LogP contribution < -0.4 is 0 Å². The molecule has 4 nitrogen and oxygen atoms in total. The fourth-order valence-electron chi connectivity index (χ4n) is 8.68. The topological polar surface area (TPSA) is 35.6 Å². The number of hydrogen-bond acceptors (Lipinski definition) is 2. The third-order valence-electron chi connectivity index (χ3n) is 11.0. The number of fused-ring (bicyclic) bond motifs is 13. The number of para-hydroxylation sites is 4. The van der Waals surface area contributed by atoms with E-state index in [1.807, 2.05) is 12.1 Å². The molecule has 52 heavy (non-hydrogen) atoms. The Kier molecular flexibility index (Phi) is 5.47. The average Bonchev–Trinajstić information content (AvgIpc) is 3.67. The quantitative estimate of drug-likeness (QED) is 0.185. The largest absolute Gasteiger partial charge is 0.309 e. The maximum Gasteiger partial charge on any atom is 0.165 e. The summed E-state index contributed by atoms with van der Waals surface area (Å²) in [6.45, 7) is 0. The Morgan fingerprint density at radius 2 is 1.04 bits per heavy atom. The maximum absolute atomic E-state index is 5.31. The number of rotatable bonds is 2. The highest BCUT2D eigenvalue weighted by atomic mass is 15.1. The highest BCUT2D eigenvalue weighted by molar-refractivity contribution is 6.18. The van der Waals surface area contributed by atoms with Crippen molar-refractivity contribution in [2.24, 2.45) is 0 Å². The predicted octanol–water partition coefficient (Wildman–Crippen LogP) is 12.3. The van der Waals surface area contributed by atoms with Gasteiger partial charge in [0.25, 0.3) is 0 Å². The van der Waals surface area contributed by atoms with Crippen LogP contribution in [-0.4, -0.2) is 19.1 Å². The van der Waals surface area contributed by atoms with Crippen LogP contribution in [0.5, 0.6) is 0 Å². The molecule has 0 saturated carbocycles. The van der Waals surface area contributed by atoms with E-state index in [4.69, 9.17) is 9.97 Å². The van der Waals surface area contributed by atoms with E-state index in [2.05, 4.69) is 167 Å². The van der Waals surface area contributed by atoms with Crippen LogP contribution in [0.3, 0.4) is 0 Å². The van der Waals surface area contributed by atoms with Gasteiger partial charge >= 0.3 is 0 Å². The van der Waals surface area contributed by atoms with E-state index in [0.717, 1.165) is 50.4 Å². The van der Waals surface area contributed by atoms with Gasteiger partial charge in [-0.25, -0.2) is 9.97 Å². The van der Waals surface area contributed by atoms with Gasteiger partial charge < -0.3 is 4.57 Å². The summed E-state index contributed by atoms with van der Waals surface area (Å²) in [7, 11) is 0. The van der Waals surface area contributed by atoms with Crippen molar-refractivity contribution in [3.63, 3.8) is 0 Å². The highest BCUT2D eigenvalue weighted by Crippen LogP contribution is 2.48. The molecule has 0 fully saturated rings. The van der Waals surface area contributed by atoms with E-state index in [1.165, 1.54) is 60.0 Å². The summed E-state index contributed by atoms with van der Waals surface area (Å²) in [5.74, 6) is 0.866. The van der Waals surface area contributed by atoms with E-state index in [1.54, 1.807) is 0 Å². The monoisotopic (exact) mass is 660 g/mol. The SMILES string of the molecule is c1ccc(-n2c3cc(-c4cc5c6c(c4)c4ccccc4n6-c4nc6ccccc6nc4-c4ccccc4-5)ccc3c3cc4ccccc4cc32)cc1. The van der Waals surface area contributed by atoms with Crippen molar-refractivity contribution in [2.45, 2.75) is 0 Å². The summed E-state index contributed by atoms with van der Waals surface area (Å²) in [6, 6.07) is 61.4. The van der Waals surface area contributed by atoms with Crippen molar-refractivity contribution in [1.82, 2.24) is 19.1 Å². The molecule has 0 bridgehead atoms. The zero-order valence-electron chi connectivity index (χ0n) is 28.0. The lowest BCUT2D eigenvalue weighted by atomic mass is 9.92. The minimum absolute atomic E-state index is 0.866. The first-order valence-corrected chi connectivity index (χ1v) is 17.8. The second kappa shape index (κ2) is 10.3. The molecule has 0 atom stereocenters. The minimum atomic E-state index is 0.866. The Morgan fingerprint density at radius 1 is 0.365 bits per heavy atom. The number of aromatic nitrogens is 4. The van der Waals surface area contributed by atoms with Crippen molar-refractivity contribution < 1.29 is 0 Å². The molecule has 8 aromatic carbocycles. The molecule has 4 heteroatoms. The van der Waals surface area contributed by atoms with Gasteiger partial charge in [0, 0.05) is 38.4 Å². The maximum atomic E-state index is 5.31. The second-order valence-corrected chi connectivity index (χ2v) is 13.8. The lowest BCUT2D eigenvalue weighted by Crippen LogP contribution is -2.02. The van der Waals surface area contributed by atoms with Crippen LogP contribution >= 0.6 is 0 Å². The van der Waals surface area contributed by atoms with Crippen molar-refractivity contribution in [2.75, 3.05) is 0 Å². The number of nitrogens with zero attached hydrogens (tertiary/aromatic N) is 4. The lowest BCUT2D eigenvalue weighted by Gasteiger charge is -2.12. The average molecular weight is 661 g/mol. The lowest BCUT2D eigenvalue weighted by molar-refractivity contribution is 1.09. The highest BCUT2D eigenvalue weighted by Gasteiger charge is 2.27. The zero-order valence-corrected chi connectivity index (χ0v) is 28.0. The van der Waals surface area contributed by atoms with E-state index in [9.17, 15) is 0 Å². The smallest absolute Gasteiger partial charge is 0.165 e. The van der Waals surface area contributed by atoms with E-state index < -0.39 is 0 Å². The van der Waals surface area contributed by atoms with Crippen LogP contribution in [0, 0.1) is 0 Å². The normalized spacial score (nSPS) is 12.2. The summed E-state index contributed by atoms with van der Waals surface area (Å²) in [6.07, 6.45) is 0. The van der Waals surface area contributed by atoms with E-state index >= 15 is 0 Å². The molecule has 0 saturated heterocycles. The summed E-state index contributed by atoms with van der Waals surface area (Å²) in [5.41, 5.74) is 14.3. The first-order chi connectivity index (χ1) is 25.8. The minimum Gasteiger partial charge on any atom is -0.309 e. The number of hydrogen-bond donors (Lipinski definition) is 0. The number of benzene rings is 8. The van der Waals surface area contributed by atoms with Gasteiger partial charge in [0.1, 0.15) is 5.69 Å². The van der Waals surface area contributed by atoms with Gasteiger partial charge in [0.2, 0.25) is 0 Å². The predicted molar refractivity (Wildman–Crippen MR) is 216 cm³/mol. The molecule has 0 unspecified atom stereocenters. The summed E-state index contributed by atoms with van der Waals surface area (Å²) < 4.78 is 4.77. The molecule has 0 aliphatic carbocycles. The van der Waals surface area contributed by atoms with Crippen molar-refractivity contribution in [3.05, 3.63) is 170 Å². The molecule has 0 spiro atoms. The standard InChI is InChI=1S/C48H28N4/c1-2-14-33(15-3-1)51-44-28-31(22-23-36(44)38-24-29-12-4-5-13-30(29)27-45(38)51)32-25-39-34-16-6-7-18-37(34)46-48(50-42-20-10-9-19-41(42)49-46)52-43-21-11-8-17-35(43)40(26-32)47(39)52/h1-28H. The molecule has 1 aliphatic heterocycles. The Morgan fingerprint density at radius 3 is 1.90 bits per heavy atom. The third kappa shape index (κ3) is 3.75. The van der Waals surface area contributed by atoms with E-state index in [0.29, 0.717) is 0 Å². The van der Waals surface area contributed by atoms with Gasteiger partial charge in [-0.1, -0.05) is 109 Å². The molecule has 0 amide bonds. The van der Waals surface area contributed by atoms with Crippen LogP contribution in [-0.2, 0) is 0 Å². The molecular formula is C48H28N4. The molecule has 1 aliphatic rings. The molecule has 12 rings (SSSR count). The first kappa shape index (κ1) is 27.7. The summed E-state index contributed by atoms with van der Waals surface area (Å²) in [5, 5.41) is 7.40. The first-order valence-electron chi connectivity index (χ1n) is 17.8. The van der Waals surface area contributed by atoms with Crippen molar-refractivity contribution in [1.29, 1.82) is 0 Å². The van der Waals surface area contributed by atoms with Crippen molar-refractivity contribution in [3.8, 4) is 45.0 Å². The fourth-order valence-corrected chi connectivity index (χ4v) is 8.68. The van der Waals surface area contributed by atoms with Crippen LogP contribution in [0.2, 0.25) is 0 Å². The van der Waals surface area contributed by atoms with Crippen LogP contribution in [0.1, 0.15) is 0 Å². The van der Waals surface area contributed by atoms with Gasteiger partial charge in [-0.05, 0) is 88.1 Å². The molecule has 3 aromatic heterocycles. The van der Waals surface area contributed by atoms with Crippen LogP contribution in [0.4, 0.5) is 0 Å². The third-order valence-corrected chi connectivity index (χ3v) is 11.0. The van der Waals surface area contributed by atoms with Gasteiger partial charge in [0.15, 0.2) is 5.82 Å². The zero-order chi connectivity index (χ0) is 33.9. The molecule has 0 N–H and O–H groups in total. The van der Waals surface area contributed by atoms with Crippen LogP contribution in [0.15, 0.2) is 170 Å². The summed E-state index contributed by atoms with van der Waals surface area (Å²) >= 11 is 0. The van der Waals surface area contributed by atoms with E-state index in [-0.39, 0.29) is 0 Å². The molecular weight excluding hydrogens is 633 g/mol. The molecule has 0 radical (unpaired) electrons. The molecule has 240 valence electrons. The van der Waals surface area contributed by atoms with Gasteiger partial charge in [-0.2, -0.15) is 0 Å². The van der Waals surface area contributed by atoms with Crippen LogP contribution in [0.25, 0.3) is 110 Å². The van der Waals surface area contributed by atoms with Crippen molar-refractivity contribution >= 4 is 65.4 Å². The molecule has 11 aromatic rings. The second-order valence-electron chi connectivity index (χ2n) is 13.8. The Labute approximate surface area is 298 Å². The Bertz CT molecular complexity index is 3290.